The zero-order valence-corrected chi connectivity index (χ0v) is 7.25. The molecule has 4 heteroatoms. The number of hydrogen-bond acceptors (Lipinski definition) is 2. The monoisotopic (exact) mass is 186 g/mol. The third-order valence-corrected chi connectivity index (χ3v) is 1.79. The van der Waals surface area contributed by atoms with Crippen LogP contribution in [0.15, 0.2) is 18.2 Å². The summed E-state index contributed by atoms with van der Waals surface area (Å²) in [4.78, 5) is 0.287. The molecule has 0 spiro atoms. The molecule has 0 bridgehead atoms. The van der Waals surface area contributed by atoms with Gasteiger partial charge in [-0.05, 0) is 18.2 Å². The first kappa shape index (κ1) is 8.30. The van der Waals surface area contributed by atoms with Crippen LogP contribution in [0.4, 0.5) is 5.69 Å². The van der Waals surface area contributed by atoms with Crippen LogP contribution in [0.2, 0.25) is 5.02 Å². The third-order valence-electron chi connectivity index (χ3n) is 1.26. The lowest BCUT2D eigenvalue weighted by Crippen LogP contribution is -2.09. The zero-order valence-electron chi connectivity index (χ0n) is 5.67. The van der Waals surface area contributed by atoms with E-state index >= 15 is 0 Å². The van der Waals surface area contributed by atoms with Crippen molar-refractivity contribution in [3.8, 4) is 0 Å². The number of halogens is 1. The molecule has 0 radical (unpaired) electrons. The van der Waals surface area contributed by atoms with Crippen molar-refractivity contribution in [2.45, 2.75) is 0 Å². The molecule has 11 heavy (non-hydrogen) atoms. The van der Waals surface area contributed by atoms with Crippen molar-refractivity contribution in [1.82, 2.24) is 0 Å². The molecule has 2 nitrogen and oxygen atoms in total. The van der Waals surface area contributed by atoms with Gasteiger partial charge in [0.15, 0.2) is 0 Å². The van der Waals surface area contributed by atoms with Crippen molar-refractivity contribution in [3.63, 3.8) is 0 Å². The fourth-order valence-electron chi connectivity index (χ4n) is 0.731. The van der Waals surface area contributed by atoms with E-state index in [-0.39, 0.29) is 4.99 Å². The molecule has 0 aromatic heterocycles. The molecule has 1 aromatic carbocycles. The quantitative estimate of drug-likeness (QED) is 0.517. The SMILES string of the molecule is NC(=S)c1ccc(N)cc1Cl. The number of anilines is 1. The Balaban J connectivity index is 3.20. The summed E-state index contributed by atoms with van der Waals surface area (Å²) >= 11 is 10.5. The van der Waals surface area contributed by atoms with Crippen LogP contribution in [0.1, 0.15) is 5.56 Å². The van der Waals surface area contributed by atoms with Gasteiger partial charge < -0.3 is 11.5 Å². The summed E-state index contributed by atoms with van der Waals surface area (Å²) in [6, 6.07) is 5.04. The molecule has 0 aliphatic rings. The van der Waals surface area contributed by atoms with Crippen LogP contribution in [0.3, 0.4) is 0 Å². The van der Waals surface area contributed by atoms with Crippen LogP contribution in [0.5, 0.6) is 0 Å². The third kappa shape index (κ3) is 1.82. The van der Waals surface area contributed by atoms with E-state index in [1.807, 2.05) is 0 Å². The summed E-state index contributed by atoms with van der Waals surface area (Å²) in [5, 5.41) is 0.498. The van der Waals surface area contributed by atoms with E-state index < -0.39 is 0 Å². The molecule has 0 fully saturated rings. The maximum atomic E-state index is 5.78. The Labute approximate surface area is 75.1 Å². The molecule has 0 aliphatic heterocycles. The van der Waals surface area contributed by atoms with Crippen LogP contribution in [0.25, 0.3) is 0 Å². The Morgan fingerprint density at radius 1 is 1.45 bits per heavy atom. The summed E-state index contributed by atoms with van der Waals surface area (Å²) in [6.45, 7) is 0. The highest BCUT2D eigenvalue weighted by Crippen LogP contribution is 2.18. The van der Waals surface area contributed by atoms with Gasteiger partial charge in [0, 0.05) is 11.3 Å². The Morgan fingerprint density at radius 2 is 2.09 bits per heavy atom. The second-order valence-electron chi connectivity index (χ2n) is 2.10. The van der Waals surface area contributed by atoms with Gasteiger partial charge in [-0.3, -0.25) is 0 Å². The van der Waals surface area contributed by atoms with Gasteiger partial charge >= 0.3 is 0 Å². The van der Waals surface area contributed by atoms with Gasteiger partial charge in [-0.2, -0.15) is 0 Å². The summed E-state index contributed by atoms with van der Waals surface area (Å²) in [5.74, 6) is 0. The highest BCUT2D eigenvalue weighted by molar-refractivity contribution is 7.80. The van der Waals surface area contributed by atoms with Gasteiger partial charge in [-0.15, -0.1) is 0 Å². The van der Waals surface area contributed by atoms with E-state index in [2.05, 4.69) is 0 Å². The largest absolute Gasteiger partial charge is 0.399 e. The summed E-state index contributed by atoms with van der Waals surface area (Å²) in [6.07, 6.45) is 0. The maximum absolute atomic E-state index is 5.78. The maximum Gasteiger partial charge on any atom is 0.105 e. The average Bonchev–Trinajstić information content (AvgIpc) is 1.85. The minimum absolute atomic E-state index is 0.287. The van der Waals surface area contributed by atoms with E-state index in [0.29, 0.717) is 16.3 Å². The number of hydrogen-bond donors (Lipinski definition) is 2. The summed E-state index contributed by atoms with van der Waals surface area (Å²) in [5.41, 5.74) is 12.1. The molecule has 0 unspecified atom stereocenters. The molecule has 0 saturated heterocycles. The van der Waals surface area contributed by atoms with Crippen LogP contribution >= 0.6 is 23.8 Å². The fourth-order valence-corrected chi connectivity index (χ4v) is 1.26. The molecule has 0 atom stereocenters. The lowest BCUT2D eigenvalue weighted by molar-refractivity contribution is 1.61. The molecular formula is C7H7ClN2S. The van der Waals surface area contributed by atoms with E-state index in [1.165, 1.54) is 0 Å². The van der Waals surface area contributed by atoms with Gasteiger partial charge in [0.25, 0.3) is 0 Å². The Hall–Kier alpha value is -0.800. The van der Waals surface area contributed by atoms with Crippen LogP contribution in [0, 0.1) is 0 Å². The number of rotatable bonds is 1. The van der Waals surface area contributed by atoms with E-state index in [1.54, 1.807) is 18.2 Å². The second kappa shape index (κ2) is 3.07. The van der Waals surface area contributed by atoms with E-state index in [0.717, 1.165) is 0 Å². The highest BCUT2D eigenvalue weighted by Gasteiger charge is 2.01. The summed E-state index contributed by atoms with van der Waals surface area (Å²) < 4.78 is 0. The van der Waals surface area contributed by atoms with Gasteiger partial charge in [0.1, 0.15) is 4.99 Å². The van der Waals surface area contributed by atoms with Crippen molar-refractivity contribution < 1.29 is 0 Å². The minimum Gasteiger partial charge on any atom is -0.399 e. The Bertz CT molecular complexity index is 298. The normalized spacial score (nSPS) is 9.55. The highest BCUT2D eigenvalue weighted by atomic mass is 35.5. The first-order valence-electron chi connectivity index (χ1n) is 2.96. The standard InChI is InChI=1S/C7H7ClN2S/c8-6-3-4(9)1-2-5(6)7(10)11/h1-3H,9H2,(H2,10,11). The first-order chi connectivity index (χ1) is 5.11. The number of nitrogens with two attached hydrogens (primary N) is 2. The van der Waals surface area contributed by atoms with E-state index in [4.69, 9.17) is 35.3 Å². The van der Waals surface area contributed by atoms with Crippen LogP contribution in [-0.2, 0) is 0 Å². The van der Waals surface area contributed by atoms with Crippen molar-refractivity contribution in [2.24, 2.45) is 5.73 Å². The number of thiocarbonyl (C=S) groups is 1. The topological polar surface area (TPSA) is 52.0 Å². The zero-order chi connectivity index (χ0) is 8.43. The molecule has 1 aromatic rings. The molecule has 0 amide bonds. The smallest absolute Gasteiger partial charge is 0.105 e. The van der Waals surface area contributed by atoms with Gasteiger partial charge in [0.05, 0.1) is 5.02 Å². The van der Waals surface area contributed by atoms with Crippen molar-refractivity contribution in [1.29, 1.82) is 0 Å². The molecule has 4 N–H and O–H groups in total. The lowest BCUT2D eigenvalue weighted by Gasteiger charge is -2.01. The first-order valence-corrected chi connectivity index (χ1v) is 3.74. The van der Waals surface area contributed by atoms with Gasteiger partial charge in [0.2, 0.25) is 0 Å². The van der Waals surface area contributed by atoms with Crippen LogP contribution < -0.4 is 11.5 Å². The number of nitrogen functional groups attached to an aromatic ring is 1. The Kier molecular flexibility index (Phi) is 2.31. The predicted molar refractivity (Wildman–Crippen MR) is 51.8 cm³/mol. The molecule has 58 valence electrons. The molecule has 1 rings (SSSR count). The van der Waals surface area contributed by atoms with Crippen molar-refractivity contribution in [2.75, 3.05) is 5.73 Å². The molecule has 0 aliphatic carbocycles. The van der Waals surface area contributed by atoms with Crippen LogP contribution in [-0.4, -0.2) is 4.99 Å². The van der Waals surface area contributed by atoms with Crippen molar-refractivity contribution >= 4 is 34.5 Å². The van der Waals surface area contributed by atoms with Gasteiger partial charge in [-0.25, -0.2) is 0 Å². The second-order valence-corrected chi connectivity index (χ2v) is 2.95. The molecule has 0 saturated carbocycles. The minimum atomic E-state index is 0.287. The lowest BCUT2D eigenvalue weighted by atomic mass is 10.2. The average molecular weight is 187 g/mol. The molecular weight excluding hydrogens is 180 g/mol. The number of benzene rings is 1. The fraction of sp³-hybridized carbons (Fsp3) is 0. The Morgan fingerprint density at radius 3 is 2.55 bits per heavy atom. The van der Waals surface area contributed by atoms with Gasteiger partial charge in [-0.1, -0.05) is 23.8 Å². The van der Waals surface area contributed by atoms with Crippen molar-refractivity contribution in [3.05, 3.63) is 28.8 Å². The van der Waals surface area contributed by atoms with E-state index in [9.17, 15) is 0 Å². The molecule has 0 heterocycles. The summed E-state index contributed by atoms with van der Waals surface area (Å²) in [7, 11) is 0. The predicted octanol–water partition coefficient (Wildman–Crippen LogP) is 1.56.